The van der Waals surface area contributed by atoms with Crippen molar-refractivity contribution in [1.29, 1.82) is 0 Å². The Kier molecular flexibility index (Phi) is 8.33. The van der Waals surface area contributed by atoms with Gasteiger partial charge in [0, 0.05) is 48.7 Å². The number of thiophene rings is 1. The van der Waals surface area contributed by atoms with E-state index in [-0.39, 0.29) is 18.4 Å². The van der Waals surface area contributed by atoms with Crippen LogP contribution < -0.4 is 10.1 Å². The number of ether oxygens (including phenoxy) is 1. The molecule has 1 saturated heterocycles. The lowest BCUT2D eigenvalue weighted by Crippen LogP contribution is -2.36. The first-order valence-corrected chi connectivity index (χ1v) is 12.5. The molecule has 0 aliphatic carbocycles. The van der Waals surface area contributed by atoms with Crippen molar-refractivity contribution >= 4 is 23.2 Å². The van der Waals surface area contributed by atoms with Crippen LogP contribution in [0.25, 0.3) is 0 Å². The molecule has 0 bridgehead atoms. The van der Waals surface area contributed by atoms with Gasteiger partial charge in [-0.05, 0) is 48.1 Å². The standard InChI is InChI=1S/C27H31N3O3S/c1-33-25-9-3-2-7-23(25)18-29(19-24-8-6-16-34-24)20-26(31)28-17-21-10-12-22(13-11-21)27(32)30-14-4-5-15-30/h2-3,6-13,16H,4-5,14-15,17-20H2,1H3,(H,28,31). The summed E-state index contributed by atoms with van der Waals surface area (Å²) in [6.45, 7) is 3.69. The largest absolute Gasteiger partial charge is 0.496 e. The van der Waals surface area contributed by atoms with Gasteiger partial charge in [-0.25, -0.2) is 0 Å². The molecule has 0 saturated carbocycles. The minimum atomic E-state index is -0.0383. The maximum atomic E-state index is 12.8. The second-order valence-electron chi connectivity index (χ2n) is 8.51. The maximum absolute atomic E-state index is 12.8. The summed E-state index contributed by atoms with van der Waals surface area (Å²) in [5, 5.41) is 5.07. The number of rotatable bonds is 10. The fourth-order valence-electron chi connectivity index (χ4n) is 4.19. The van der Waals surface area contributed by atoms with Crippen LogP contribution in [0.1, 0.15) is 39.2 Å². The summed E-state index contributed by atoms with van der Waals surface area (Å²) in [5.41, 5.74) is 2.73. The van der Waals surface area contributed by atoms with Gasteiger partial charge in [0.05, 0.1) is 13.7 Å². The Morgan fingerprint density at radius 3 is 2.47 bits per heavy atom. The van der Waals surface area contributed by atoms with Gasteiger partial charge in [-0.2, -0.15) is 0 Å². The van der Waals surface area contributed by atoms with Crippen LogP contribution in [0, 0.1) is 0 Å². The topological polar surface area (TPSA) is 61.9 Å². The van der Waals surface area contributed by atoms with Gasteiger partial charge in [0.25, 0.3) is 5.91 Å². The van der Waals surface area contributed by atoms with Crippen molar-refractivity contribution in [2.75, 3.05) is 26.7 Å². The lowest BCUT2D eigenvalue weighted by atomic mass is 10.1. The monoisotopic (exact) mass is 477 g/mol. The van der Waals surface area contributed by atoms with Crippen LogP contribution in [0.4, 0.5) is 0 Å². The van der Waals surface area contributed by atoms with Crippen LogP contribution in [-0.4, -0.2) is 48.4 Å². The molecule has 1 fully saturated rings. The number of amides is 2. The van der Waals surface area contributed by atoms with E-state index in [9.17, 15) is 9.59 Å². The number of para-hydroxylation sites is 1. The van der Waals surface area contributed by atoms with Crippen LogP contribution >= 0.6 is 11.3 Å². The number of carbonyl (C=O) groups excluding carboxylic acids is 2. The van der Waals surface area contributed by atoms with E-state index in [1.165, 1.54) is 4.88 Å². The molecule has 0 radical (unpaired) electrons. The van der Waals surface area contributed by atoms with Crippen molar-refractivity contribution in [2.24, 2.45) is 0 Å². The third-order valence-electron chi connectivity index (χ3n) is 6.00. The fourth-order valence-corrected chi connectivity index (χ4v) is 4.94. The lowest BCUT2D eigenvalue weighted by Gasteiger charge is -2.22. The Morgan fingerprint density at radius 1 is 1.00 bits per heavy atom. The second kappa shape index (κ2) is 11.8. The molecular formula is C27H31N3O3S. The highest BCUT2D eigenvalue weighted by Crippen LogP contribution is 2.21. The highest BCUT2D eigenvalue weighted by molar-refractivity contribution is 7.09. The lowest BCUT2D eigenvalue weighted by molar-refractivity contribution is -0.122. The Balaban J connectivity index is 1.34. The fraction of sp³-hybridized carbons (Fsp3) is 0.333. The molecule has 4 rings (SSSR count). The van der Waals surface area contributed by atoms with Gasteiger partial charge in [0.1, 0.15) is 5.75 Å². The summed E-state index contributed by atoms with van der Waals surface area (Å²) in [5.74, 6) is 0.875. The first kappa shape index (κ1) is 24.0. The highest BCUT2D eigenvalue weighted by Gasteiger charge is 2.19. The van der Waals surface area contributed by atoms with Gasteiger partial charge in [-0.3, -0.25) is 14.5 Å². The Hall–Kier alpha value is -3.16. The van der Waals surface area contributed by atoms with E-state index in [1.54, 1.807) is 18.4 Å². The molecular weight excluding hydrogens is 446 g/mol. The number of benzene rings is 2. The molecule has 6 nitrogen and oxygen atoms in total. The van der Waals surface area contributed by atoms with E-state index >= 15 is 0 Å². The molecule has 3 aromatic rings. The van der Waals surface area contributed by atoms with Crippen molar-refractivity contribution in [3.63, 3.8) is 0 Å². The predicted octanol–water partition coefficient (Wildman–Crippen LogP) is 4.31. The van der Waals surface area contributed by atoms with E-state index in [0.29, 0.717) is 25.2 Å². The number of nitrogens with zero attached hydrogens (tertiary/aromatic N) is 2. The van der Waals surface area contributed by atoms with E-state index in [0.717, 1.165) is 42.8 Å². The summed E-state index contributed by atoms with van der Waals surface area (Å²) in [6, 6.07) is 19.6. The molecule has 0 unspecified atom stereocenters. The van der Waals surface area contributed by atoms with Crippen molar-refractivity contribution in [1.82, 2.24) is 15.1 Å². The van der Waals surface area contributed by atoms with Crippen molar-refractivity contribution < 1.29 is 14.3 Å². The third-order valence-corrected chi connectivity index (χ3v) is 6.86. The zero-order chi connectivity index (χ0) is 23.8. The molecule has 0 spiro atoms. The van der Waals surface area contributed by atoms with Crippen molar-refractivity contribution in [3.05, 3.63) is 87.6 Å². The summed E-state index contributed by atoms with van der Waals surface area (Å²) < 4.78 is 5.50. The zero-order valence-corrected chi connectivity index (χ0v) is 20.4. The summed E-state index contributed by atoms with van der Waals surface area (Å²) in [4.78, 5) is 30.6. The molecule has 2 aromatic carbocycles. The van der Waals surface area contributed by atoms with E-state index in [1.807, 2.05) is 59.5 Å². The van der Waals surface area contributed by atoms with Crippen LogP contribution in [0.15, 0.2) is 66.0 Å². The number of carbonyl (C=O) groups is 2. The van der Waals surface area contributed by atoms with E-state index in [2.05, 4.69) is 21.7 Å². The Morgan fingerprint density at radius 2 is 1.76 bits per heavy atom. The van der Waals surface area contributed by atoms with Crippen LogP contribution in [0.5, 0.6) is 5.75 Å². The van der Waals surface area contributed by atoms with Gasteiger partial charge in [-0.15, -0.1) is 11.3 Å². The predicted molar refractivity (Wildman–Crippen MR) is 135 cm³/mol. The van der Waals surface area contributed by atoms with E-state index < -0.39 is 0 Å². The number of hydrogen-bond donors (Lipinski definition) is 1. The number of hydrogen-bond acceptors (Lipinski definition) is 5. The summed E-state index contributed by atoms with van der Waals surface area (Å²) >= 11 is 1.69. The van der Waals surface area contributed by atoms with Gasteiger partial charge in [-0.1, -0.05) is 36.4 Å². The first-order chi connectivity index (χ1) is 16.6. The highest BCUT2D eigenvalue weighted by atomic mass is 32.1. The summed E-state index contributed by atoms with van der Waals surface area (Å²) in [6.07, 6.45) is 2.16. The minimum Gasteiger partial charge on any atom is -0.496 e. The Labute approximate surface area is 205 Å². The molecule has 1 aromatic heterocycles. The van der Waals surface area contributed by atoms with Gasteiger partial charge >= 0.3 is 0 Å². The molecule has 7 heteroatoms. The number of nitrogens with one attached hydrogen (secondary N) is 1. The molecule has 178 valence electrons. The molecule has 2 amide bonds. The molecule has 1 N–H and O–H groups in total. The molecule has 2 heterocycles. The van der Waals surface area contributed by atoms with Gasteiger partial charge in [0.2, 0.25) is 5.91 Å². The first-order valence-electron chi connectivity index (χ1n) is 11.6. The van der Waals surface area contributed by atoms with Crippen LogP contribution in [-0.2, 0) is 24.4 Å². The summed E-state index contributed by atoms with van der Waals surface area (Å²) in [7, 11) is 1.67. The zero-order valence-electron chi connectivity index (χ0n) is 19.5. The average molecular weight is 478 g/mol. The molecule has 1 aliphatic heterocycles. The normalized spacial score (nSPS) is 13.3. The minimum absolute atomic E-state index is 0.0383. The number of methoxy groups -OCH3 is 1. The van der Waals surface area contributed by atoms with Crippen molar-refractivity contribution in [2.45, 2.75) is 32.5 Å². The van der Waals surface area contributed by atoms with E-state index in [4.69, 9.17) is 4.74 Å². The maximum Gasteiger partial charge on any atom is 0.253 e. The third kappa shape index (κ3) is 6.46. The van der Waals surface area contributed by atoms with Gasteiger partial charge in [0.15, 0.2) is 0 Å². The van der Waals surface area contributed by atoms with Crippen LogP contribution in [0.3, 0.4) is 0 Å². The molecule has 1 aliphatic rings. The average Bonchev–Trinajstić information content (AvgIpc) is 3.58. The quantitative estimate of drug-likeness (QED) is 0.473. The van der Waals surface area contributed by atoms with Crippen LogP contribution in [0.2, 0.25) is 0 Å². The smallest absolute Gasteiger partial charge is 0.253 e. The Bertz CT molecular complexity index is 1080. The van der Waals surface area contributed by atoms with Crippen molar-refractivity contribution in [3.8, 4) is 5.75 Å². The second-order valence-corrected chi connectivity index (χ2v) is 9.54. The van der Waals surface area contributed by atoms with Gasteiger partial charge < -0.3 is 15.0 Å². The number of likely N-dealkylation sites (tertiary alicyclic amines) is 1. The SMILES string of the molecule is COc1ccccc1CN(CC(=O)NCc1ccc(C(=O)N2CCCC2)cc1)Cc1cccs1. The molecule has 34 heavy (non-hydrogen) atoms. The molecule has 0 atom stereocenters.